The van der Waals surface area contributed by atoms with Crippen molar-refractivity contribution in [1.82, 2.24) is 0 Å². The molecular weight excluding hydrogens is 416 g/mol. The van der Waals surface area contributed by atoms with Crippen molar-refractivity contribution >= 4 is 20.3 Å². The van der Waals surface area contributed by atoms with E-state index >= 15 is 0 Å². The third-order valence-electron chi connectivity index (χ3n) is 3.92. The van der Waals surface area contributed by atoms with Crippen molar-refractivity contribution < 1.29 is 26.5 Å². The zero-order valence-electron chi connectivity index (χ0n) is 19.5. The van der Waals surface area contributed by atoms with Crippen LogP contribution in [0.5, 0.6) is 5.75 Å². The van der Waals surface area contributed by atoms with E-state index in [1.165, 1.54) is 21.9 Å². The van der Waals surface area contributed by atoms with Crippen molar-refractivity contribution in [2.24, 2.45) is 5.41 Å². The monoisotopic (exact) mass is 451 g/mol. The van der Waals surface area contributed by atoms with E-state index in [1.54, 1.807) is 0 Å². The van der Waals surface area contributed by atoms with Gasteiger partial charge in [0.25, 0.3) is 0 Å². The summed E-state index contributed by atoms with van der Waals surface area (Å²) in [7, 11) is 1.08. The second-order valence-corrected chi connectivity index (χ2v) is 9.13. The van der Waals surface area contributed by atoms with Crippen LogP contribution >= 0.6 is 0 Å². The Labute approximate surface area is 201 Å². The van der Waals surface area contributed by atoms with Crippen molar-refractivity contribution in [2.45, 2.75) is 47.7 Å². The van der Waals surface area contributed by atoms with Crippen LogP contribution in [0, 0.1) is 5.41 Å². The minimum Gasteiger partial charge on any atom is -0.465 e. The minimum atomic E-state index is 0. The zero-order chi connectivity index (χ0) is 21.7. The Bertz CT molecular complexity index is 852. The summed E-state index contributed by atoms with van der Waals surface area (Å²) in [5.41, 5.74) is 2.57. The SMILES string of the molecule is CC(C)=CC(=COc1ccccc1)C(C)(C)C.C[Si]C.[Ti].c1ccc2[cH-]ccc2c1. The van der Waals surface area contributed by atoms with Crippen LogP contribution in [-0.4, -0.2) is 9.52 Å². The predicted molar refractivity (Wildman–Crippen MR) is 131 cm³/mol. The molecular formula is C27H35OSiTi-. The molecule has 3 aromatic carbocycles. The summed E-state index contributed by atoms with van der Waals surface area (Å²) in [6, 6.07) is 24.5. The fourth-order valence-electron chi connectivity index (χ4n) is 2.44. The van der Waals surface area contributed by atoms with E-state index in [9.17, 15) is 0 Å². The number of fused-ring (bicyclic) bond motifs is 1. The normalized spacial score (nSPS) is 10.6. The van der Waals surface area contributed by atoms with E-state index in [1.807, 2.05) is 36.6 Å². The molecule has 3 aromatic rings. The van der Waals surface area contributed by atoms with Gasteiger partial charge in [0.05, 0.1) is 6.26 Å². The molecule has 0 spiro atoms. The topological polar surface area (TPSA) is 9.23 Å². The third kappa shape index (κ3) is 11.4. The molecule has 3 rings (SSSR count). The summed E-state index contributed by atoms with van der Waals surface area (Å²) in [6.07, 6.45) is 4.02. The minimum absolute atomic E-state index is 0. The molecule has 0 aliphatic rings. The van der Waals surface area contributed by atoms with Crippen LogP contribution < -0.4 is 4.74 Å². The number of hydrogen-bond donors (Lipinski definition) is 0. The summed E-state index contributed by atoms with van der Waals surface area (Å²) in [4.78, 5) is 0. The van der Waals surface area contributed by atoms with Gasteiger partial charge in [-0.3, -0.25) is 0 Å². The van der Waals surface area contributed by atoms with Gasteiger partial charge >= 0.3 is 0 Å². The van der Waals surface area contributed by atoms with Crippen molar-refractivity contribution in [2.75, 3.05) is 0 Å². The quantitative estimate of drug-likeness (QED) is 0.168. The maximum Gasteiger partial charge on any atom is 0.126 e. The molecule has 0 amide bonds. The second kappa shape index (κ2) is 15.1. The first-order valence-corrected chi connectivity index (χ1v) is 12.0. The van der Waals surface area contributed by atoms with Gasteiger partial charge in [-0.2, -0.15) is 17.5 Å². The molecule has 0 aromatic heterocycles. The molecule has 30 heavy (non-hydrogen) atoms. The van der Waals surface area contributed by atoms with E-state index in [2.05, 4.69) is 96.3 Å². The van der Waals surface area contributed by atoms with Crippen LogP contribution in [0.3, 0.4) is 0 Å². The molecule has 0 bridgehead atoms. The first kappa shape index (κ1) is 28.3. The number of allylic oxidation sites excluding steroid dienone is 3. The summed E-state index contributed by atoms with van der Waals surface area (Å²) in [6.45, 7) is 15.1. The fraction of sp³-hybridized carbons (Fsp3) is 0.296. The Morgan fingerprint density at radius 2 is 1.47 bits per heavy atom. The van der Waals surface area contributed by atoms with Crippen molar-refractivity contribution in [3.8, 4) is 5.75 Å². The molecule has 0 aliphatic carbocycles. The zero-order valence-corrected chi connectivity index (χ0v) is 22.1. The van der Waals surface area contributed by atoms with Gasteiger partial charge in [0, 0.05) is 31.2 Å². The molecule has 158 valence electrons. The van der Waals surface area contributed by atoms with Crippen molar-refractivity contribution in [1.29, 1.82) is 0 Å². The van der Waals surface area contributed by atoms with Gasteiger partial charge in [-0.05, 0) is 37.0 Å². The summed E-state index contributed by atoms with van der Waals surface area (Å²) in [5, 5.41) is 2.66. The first-order valence-electron chi connectivity index (χ1n) is 10.0. The van der Waals surface area contributed by atoms with Gasteiger partial charge in [-0.1, -0.05) is 69.8 Å². The van der Waals surface area contributed by atoms with Crippen LogP contribution in [-0.2, 0) is 21.7 Å². The smallest absolute Gasteiger partial charge is 0.126 e. The molecule has 0 heterocycles. The third-order valence-corrected chi connectivity index (χ3v) is 3.92. The van der Waals surface area contributed by atoms with E-state index < -0.39 is 0 Å². The summed E-state index contributed by atoms with van der Waals surface area (Å²) in [5.74, 6) is 0.872. The molecule has 0 fully saturated rings. The molecule has 2 radical (unpaired) electrons. The average molecular weight is 452 g/mol. The Balaban J connectivity index is 0.000000539. The number of ether oxygens (including phenoxy) is 1. The van der Waals surface area contributed by atoms with Crippen LogP contribution in [0.15, 0.2) is 96.3 Å². The van der Waals surface area contributed by atoms with E-state index in [0.29, 0.717) is 0 Å². The number of para-hydroxylation sites is 1. The van der Waals surface area contributed by atoms with Crippen molar-refractivity contribution in [3.63, 3.8) is 0 Å². The molecule has 1 nitrogen and oxygen atoms in total. The van der Waals surface area contributed by atoms with E-state index in [4.69, 9.17) is 4.74 Å². The maximum atomic E-state index is 5.69. The second-order valence-electron chi connectivity index (χ2n) is 8.13. The fourth-order valence-corrected chi connectivity index (χ4v) is 2.44. The molecule has 0 saturated carbocycles. The average Bonchev–Trinajstić information content (AvgIpc) is 3.15. The molecule has 0 N–H and O–H groups in total. The number of rotatable bonds is 3. The van der Waals surface area contributed by atoms with Crippen LogP contribution in [0.2, 0.25) is 13.1 Å². The van der Waals surface area contributed by atoms with Crippen LogP contribution in [0.4, 0.5) is 0 Å². The Hall–Kier alpha value is -1.74. The van der Waals surface area contributed by atoms with Gasteiger partial charge in [-0.15, -0.1) is 29.7 Å². The van der Waals surface area contributed by atoms with Gasteiger partial charge < -0.3 is 4.74 Å². The molecule has 0 saturated heterocycles. The molecule has 0 atom stereocenters. The van der Waals surface area contributed by atoms with E-state index in [0.717, 1.165) is 15.3 Å². The Kier molecular flexibility index (Phi) is 14.2. The van der Waals surface area contributed by atoms with Crippen LogP contribution in [0.25, 0.3) is 10.8 Å². The number of hydrogen-bond acceptors (Lipinski definition) is 1. The van der Waals surface area contributed by atoms with Gasteiger partial charge in [0.15, 0.2) is 0 Å². The predicted octanol–water partition coefficient (Wildman–Crippen LogP) is 8.30. The van der Waals surface area contributed by atoms with Crippen molar-refractivity contribution in [3.05, 3.63) is 96.3 Å². The molecule has 0 aliphatic heterocycles. The molecule has 3 heteroatoms. The maximum absolute atomic E-state index is 5.69. The van der Waals surface area contributed by atoms with Gasteiger partial charge in [0.2, 0.25) is 0 Å². The summed E-state index contributed by atoms with van der Waals surface area (Å²) < 4.78 is 5.69. The standard InChI is InChI=1S/C16H22O.C9H7.C2H6Si.Ti/c1-13(2)11-14(16(3,4)5)12-17-15-9-7-6-8-10-15;1-2-5-9-7-3-6-8(9)4-1;1-3-2;/h6-12H,1-5H3;1-7H;1-2H3;/q;-1;;. The Morgan fingerprint density at radius 3 is 2.00 bits per heavy atom. The van der Waals surface area contributed by atoms with E-state index in [-0.39, 0.29) is 27.1 Å². The molecule has 0 unspecified atom stereocenters. The van der Waals surface area contributed by atoms with Gasteiger partial charge in [-0.25, -0.2) is 0 Å². The van der Waals surface area contributed by atoms with Crippen LogP contribution in [0.1, 0.15) is 34.6 Å². The van der Waals surface area contributed by atoms with Gasteiger partial charge in [0.1, 0.15) is 5.75 Å². The number of benzene rings is 2. The summed E-state index contributed by atoms with van der Waals surface area (Å²) >= 11 is 0. The Morgan fingerprint density at radius 1 is 0.900 bits per heavy atom. The first-order chi connectivity index (χ1) is 13.8. The largest absolute Gasteiger partial charge is 0.465 e.